The number of amides is 1. The lowest BCUT2D eigenvalue weighted by atomic mass is 9.68. The standard InChI is InChI=1S/C29H33F4N2O7P/c1-17-14-19(30)9-11-22(17)41-23-10-8-18(28(31,32)33)15-21(23)25(37)34-20-12-13-35(24(36)16-20)29(26(2,3)4,27(5,6)7)42-43(38,39)40/h8-16H,1-7H3,(H,34,37)(H2,38,39,40)/p-2. The van der Waals surface area contributed by atoms with Gasteiger partial charge in [-0.3, -0.25) is 14.2 Å². The molecule has 1 N–H and O–H groups in total. The maximum Gasteiger partial charge on any atom is 0.416 e. The molecule has 0 unspecified atom stereocenters. The number of phosphoric acid groups is 1. The number of halogens is 4. The summed E-state index contributed by atoms with van der Waals surface area (Å²) in [5.41, 5.74) is -6.71. The van der Waals surface area contributed by atoms with Crippen LogP contribution < -0.4 is 25.4 Å². The third-order valence-corrected chi connectivity index (χ3v) is 7.19. The largest absolute Gasteiger partial charge is 0.790 e. The van der Waals surface area contributed by atoms with E-state index in [1.807, 2.05) is 0 Å². The zero-order valence-electron chi connectivity index (χ0n) is 24.5. The van der Waals surface area contributed by atoms with Crippen LogP contribution in [0.15, 0.2) is 59.5 Å². The second-order valence-electron chi connectivity index (χ2n) is 12.0. The van der Waals surface area contributed by atoms with E-state index in [9.17, 15) is 41.5 Å². The van der Waals surface area contributed by atoms with Gasteiger partial charge in [0.2, 0.25) is 0 Å². The van der Waals surface area contributed by atoms with Gasteiger partial charge in [0.15, 0.2) is 5.72 Å². The highest BCUT2D eigenvalue weighted by Gasteiger charge is 2.55. The number of ether oxygens (including phenoxy) is 1. The van der Waals surface area contributed by atoms with E-state index in [1.54, 1.807) is 41.5 Å². The molecule has 0 atom stereocenters. The molecule has 14 heteroatoms. The lowest BCUT2D eigenvalue weighted by Gasteiger charge is -2.56. The van der Waals surface area contributed by atoms with Gasteiger partial charge < -0.3 is 28.9 Å². The lowest BCUT2D eigenvalue weighted by molar-refractivity contribution is -0.368. The van der Waals surface area contributed by atoms with Crippen molar-refractivity contribution in [2.24, 2.45) is 10.8 Å². The number of phosphoric ester groups is 1. The molecule has 0 aliphatic carbocycles. The van der Waals surface area contributed by atoms with Gasteiger partial charge >= 0.3 is 6.18 Å². The Hall–Kier alpha value is -3.51. The quantitative estimate of drug-likeness (QED) is 0.253. The predicted molar refractivity (Wildman–Crippen MR) is 147 cm³/mol. The predicted octanol–water partition coefficient (Wildman–Crippen LogP) is 5.95. The van der Waals surface area contributed by atoms with Crippen molar-refractivity contribution in [3.8, 4) is 11.5 Å². The van der Waals surface area contributed by atoms with Crippen LogP contribution in [0.5, 0.6) is 11.5 Å². The van der Waals surface area contributed by atoms with Crippen LogP contribution in [0.3, 0.4) is 0 Å². The number of alkyl halides is 3. The van der Waals surface area contributed by atoms with E-state index in [2.05, 4.69) is 5.32 Å². The van der Waals surface area contributed by atoms with Crippen molar-refractivity contribution in [2.45, 2.75) is 60.4 Å². The summed E-state index contributed by atoms with van der Waals surface area (Å²) >= 11 is 0. The number of pyridine rings is 1. The van der Waals surface area contributed by atoms with Crippen molar-refractivity contribution in [1.29, 1.82) is 0 Å². The molecule has 0 fully saturated rings. The van der Waals surface area contributed by atoms with Gasteiger partial charge in [0.05, 0.1) is 18.9 Å². The monoisotopic (exact) mass is 626 g/mol. The summed E-state index contributed by atoms with van der Waals surface area (Å²) < 4.78 is 77.6. The highest BCUT2D eigenvalue weighted by atomic mass is 31.2. The molecule has 0 aliphatic rings. The maximum absolute atomic E-state index is 13.5. The van der Waals surface area contributed by atoms with Crippen LogP contribution in [0.2, 0.25) is 0 Å². The second kappa shape index (κ2) is 11.5. The molecular formula is C29H31F4N2O7P-2. The van der Waals surface area contributed by atoms with Crippen molar-refractivity contribution < 1.29 is 46.0 Å². The number of aryl methyl sites for hydroxylation is 1. The van der Waals surface area contributed by atoms with Crippen LogP contribution >= 0.6 is 7.82 Å². The number of rotatable bonds is 7. The number of aromatic nitrogens is 1. The van der Waals surface area contributed by atoms with Crippen molar-refractivity contribution in [1.82, 2.24) is 4.57 Å². The first kappa shape index (κ1) is 34.0. The Kier molecular flexibility index (Phi) is 9.11. The molecule has 3 rings (SSSR count). The molecule has 1 heterocycles. The summed E-state index contributed by atoms with van der Waals surface area (Å²) in [4.78, 5) is 50.4. The summed E-state index contributed by atoms with van der Waals surface area (Å²) in [7, 11) is -5.66. The van der Waals surface area contributed by atoms with Crippen molar-refractivity contribution in [2.75, 3.05) is 5.32 Å². The Morgan fingerprint density at radius 1 is 0.907 bits per heavy atom. The Bertz CT molecular complexity index is 1620. The first-order chi connectivity index (χ1) is 19.5. The van der Waals surface area contributed by atoms with Gasteiger partial charge in [-0.1, -0.05) is 41.5 Å². The van der Waals surface area contributed by atoms with Crippen LogP contribution in [0.1, 0.15) is 63.0 Å². The zero-order chi connectivity index (χ0) is 32.8. The summed E-state index contributed by atoms with van der Waals surface area (Å²) in [5.74, 6) is -1.82. The topological polar surface area (TPSA) is 133 Å². The molecule has 0 saturated carbocycles. The Morgan fingerprint density at radius 2 is 1.49 bits per heavy atom. The fraction of sp³-hybridized carbons (Fsp3) is 0.379. The minimum Gasteiger partial charge on any atom is -0.790 e. The maximum atomic E-state index is 13.5. The highest BCUT2D eigenvalue weighted by molar-refractivity contribution is 7.43. The van der Waals surface area contributed by atoms with Crippen LogP contribution in [0.25, 0.3) is 0 Å². The van der Waals surface area contributed by atoms with Gasteiger partial charge in [-0.25, -0.2) is 4.39 Å². The van der Waals surface area contributed by atoms with Gasteiger partial charge in [0, 0.05) is 28.8 Å². The number of hydrogen-bond acceptors (Lipinski definition) is 7. The number of hydrogen-bond donors (Lipinski definition) is 1. The average Bonchev–Trinajstić information content (AvgIpc) is 2.82. The fourth-order valence-corrected chi connectivity index (χ4v) is 6.12. The number of anilines is 1. The number of nitrogens with zero attached hydrogens (tertiary/aromatic N) is 1. The molecule has 1 amide bonds. The highest BCUT2D eigenvalue weighted by Crippen LogP contribution is 2.55. The summed E-state index contributed by atoms with van der Waals surface area (Å²) in [6.07, 6.45) is -3.68. The number of carbonyl (C=O) groups excluding carboxylic acids is 1. The third kappa shape index (κ3) is 7.35. The number of carbonyl (C=O) groups is 1. The van der Waals surface area contributed by atoms with E-state index in [4.69, 9.17) is 9.26 Å². The zero-order valence-corrected chi connectivity index (χ0v) is 25.4. The average molecular weight is 627 g/mol. The molecule has 0 aliphatic heterocycles. The van der Waals surface area contributed by atoms with E-state index >= 15 is 0 Å². The normalized spacial score (nSPS) is 13.1. The van der Waals surface area contributed by atoms with Crippen molar-refractivity contribution >= 4 is 19.4 Å². The van der Waals surface area contributed by atoms with Crippen LogP contribution in [0.4, 0.5) is 23.2 Å². The van der Waals surface area contributed by atoms with Crippen molar-refractivity contribution in [3.63, 3.8) is 0 Å². The van der Waals surface area contributed by atoms with Crippen LogP contribution in [-0.4, -0.2) is 10.5 Å². The first-order valence-corrected chi connectivity index (χ1v) is 14.3. The summed E-state index contributed by atoms with van der Waals surface area (Å²) in [6.45, 7) is 11.0. The molecule has 2 aromatic carbocycles. The Balaban J connectivity index is 2.09. The van der Waals surface area contributed by atoms with Crippen LogP contribution in [0, 0.1) is 23.6 Å². The van der Waals surface area contributed by atoms with E-state index in [0.717, 1.165) is 41.1 Å². The van der Waals surface area contributed by atoms with E-state index in [1.165, 1.54) is 19.1 Å². The molecule has 0 saturated heterocycles. The Labute approximate surface area is 245 Å². The van der Waals surface area contributed by atoms with Gasteiger partial charge in [0.25, 0.3) is 11.5 Å². The van der Waals surface area contributed by atoms with Gasteiger partial charge in [0.1, 0.15) is 17.3 Å². The fourth-order valence-electron chi connectivity index (χ4n) is 5.16. The minimum absolute atomic E-state index is 0.0903. The molecule has 0 bridgehead atoms. The molecule has 43 heavy (non-hydrogen) atoms. The second-order valence-corrected chi connectivity index (χ2v) is 13.1. The molecule has 1 aromatic heterocycles. The molecule has 3 aromatic rings. The molecule has 0 spiro atoms. The molecule has 9 nitrogen and oxygen atoms in total. The number of nitrogens with one attached hydrogen (secondary N) is 1. The van der Waals surface area contributed by atoms with Gasteiger partial charge in [-0.2, -0.15) is 13.2 Å². The van der Waals surface area contributed by atoms with Crippen LogP contribution in [-0.2, 0) is 21.0 Å². The number of benzene rings is 2. The van der Waals surface area contributed by atoms with Gasteiger partial charge in [-0.05, 0) is 55.0 Å². The third-order valence-electron chi connectivity index (χ3n) is 6.70. The first-order valence-electron chi connectivity index (χ1n) is 12.9. The smallest absolute Gasteiger partial charge is 0.416 e. The van der Waals surface area contributed by atoms with E-state index < -0.39 is 59.0 Å². The molecular weight excluding hydrogens is 595 g/mol. The van der Waals surface area contributed by atoms with E-state index in [-0.39, 0.29) is 17.2 Å². The Morgan fingerprint density at radius 3 is 1.98 bits per heavy atom. The molecule has 0 radical (unpaired) electrons. The minimum atomic E-state index is -5.66. The van der Waals surface area contributed by atoms with E-state index in [0.29, 0.717) is 11.6 Å². The van der Waals surface area contributed by atoms with Crippen molar-refractivity contribution in [3.05, 3.63) is 87.6 Å². The molecule has 234 valence electrons. The SMILES string of the molecule is Cc1cc(F)ccc1Oc1ccc(C(F)(F)F)cc1C(=O)Nc1ccn(C(OP(=O)([O-])[O-])(C(C)(C)C)C(C)(C)C)c(=O)c1. The summed E-state index contributed by atoms with van der Waals surface area (Å²) in [5, 5.41) is 2.35. The van der Waals surface area contributed by atoms with Gasteiger partial charge in [-0.15, -0.1) is 0 Å². The summed E-state index contributed by atoms with van der Waals surface area (Å²) in [6, 6.07) is 7.83. The lowest BCUT2D eigenvalue weighted by Crippen LogP contribution is -2.60.